The van der Waals surface area contributed by atoms with E-state index in [0.717, 1.165) is 5.56 Å². The van der Waals surface area contributed by atoms with Crippen LogP contribution in [0.25, 0.3) is 6.08 Å². The van der Waals surface area contributed by atoms with Crippen molar-refractivity contribution in [1.29, 1.82) is 0 Å². The number of carboxylic acid groups (broad SMARTS) is 1. The first-order valence-corrected chi connectivity index (χ1v) is 7.03. The Morgan fingerprint density at radius 1 is 1.14 bits per heavy atom. The second-order valence-electron chi connectivity index (χ2n) is 4.97. The molecule has 1 heterocycles. The number of benzene rings is 1. The summed E-state index contributed by atoms with van der Waals surface area (Å²) in [7, 11) is 0. The molecular weight excluding hydrogens is 278 g/mol. The third kappa shape index (κ3) is 3.67. The van der Waals surface area contributed by atoms with E-state index in [1.165, 1.54) is 6.08 Å². The zero-order chi connectivity index (χ0) is 16.1. The molecule has 0 atom stereocenters. The van der Waals surface area contributed by atoms with Crippen LogP contribution in [0.5, 0.6) is 0 Å². The number of rotatable bonds is 5. The van der Waals surface area contributed by atoms with Gasteiger partial charge in [-0.3, -0.25) is 4.79 Å². The van der Waals surface area contributed by atoms with Crippen molar-refractivity contribution in [3.05, 3.63) is 70.6 Å². The molecule has 112 valence electrons. The third-order valence-corrected chi connectivity index (χ3v) is 3.29. The van der Waals surface area contributed by atoms with Gasteiger partial charge >= 0.3 is 5.97 Å². The summed E-state index contributed by atoms with van der Waals surface area (Å²) in [5.74, 6) is -1.15. The fraction of sp³-hybridized carbons (Fsp3) is 0.167. The average molecular weight is 295 g/mol. The van der Waals surface area contributed by atoms with Gasteiger partial charge in [-0.2, -0.15) is 0 Å². The van der Waals surface area contributed by atoms with Crippen LogP contribution in [0.2, 0.25) is 0 Å². The number of aryl methyl sites for hydroxylation is 1. The maximum atomic E-state index is 12.4. The van der Waals surface area contributed by atoms with Crippen LogP contribution in [0.4, 0.5) is 0 Å². The zero-order valence-electron chi connectivity index (χ0n) is 12.5. The lowest BCUT2D eigenvalue weighted by Crippen LogP contribution is -2.05. The largest absolute Gasteiger partial charge is 0.478 e. The molecule has 0 amide bonds. The number of hydrogen-bond acceptors (Lipinski definition) is 3. The Labute approximate surface area is 129 Å². The van der Waals surface area contributed by atoms with E-state index in [0.29, 0.717) is 23.4 Å². The smallest absolute Gasteiger partial charge is 0.331 e. The van der Waals surface area contributed by atoms with Crippen molar-refractivity contribution in [2.24, 2.45) is 0 Å². The van der Waals surface area contributed by atoms with Crippen molar-refractivity contribution >= 4 is 17.8 Å². The Bertz CT molecular complexity index is 730. The topological polar surface area (TPSA) is 67.3 Å². The number of nitrogens with zero attached hydrogens (tertiary/aromatic N) is 1. The maximum absolute atomic E-state index is 12.4. The van der Waals surface area contributed by atoms with Crippen LogP contribution in [0.15, 0.2) is 48.0 Å². The molecule has 0 aliphatic rings. The second-order valence-corrected chi connectivity index (χ2v) is 4.97. The number of pyridine rings is 1. The SMILES string of the molecule is CC/C(=C\c1cccc(C(=O)c2ccc(C)cc2)n1)C(=O)O. The summed E-state index contributed by atoms with van der Waals surface area (Å²) in [5, 5.41) is 9.05. The molecule has 1 aromatic carbocycles. The minimum atomic E-state index is -0.973. The third-order valence-electron chi connectivity index (χ3n) is 3.29. The van der Waals surface area contributed by atoms with Gasteiger partial charge in [-0.15, -0.1) is 0 Å². The molecule has 0 unspecified atom stereocenters. The standard InChI is InChI=1S/C18H17NO3/c1-3-13(18(21)22)11-15-5-4-6-16(19-15)17(20)14-9-7-12(2)8-10-14/h4-11H,3H2,1-2H3,(H,21,22)/b13-11+. The Hall–Kier alpha value is -2.75. The highest BCUT2D eigenvalue weighted by atomic mass is 16.4. The maximum Gasteiger partial charge on any atom is 0.331 e. The fourth-order valence-corrected chi connectivity index (χ4v) is 2.00. The van der Waals surface area contributed by atoms with E-state index in [-0.39, 0.29) is 11.4 Å². The first-order chi connectivity index (χ1) is 10.5. The van der Waals surface area contributed by atoms with Crippen LogP contribution in [0.3, 0.4) is 0 Å². The summed E-state index contributed by atoms with van der Waals surface area (Å²) < 4.78 is 0. The highest BCUT2D eigenvalue weighted by Crippen LogP contribution is 2.12. The Balaban J connectivity index is 2.34. The van der Waals surface area contributed by atoms with Gasteiger partial charge in [-0.25, -0.2) is 9.78 Å². The van der Waals surface area contributed by atoms with Gasteiger partial charge in [0.25, 0.3) is 0 Å². The molecule has 0 saturated carbocycles. The van der Waals surface area contributed by atoms with E-state index in [9.17, 15) is 9.59 Å². The zero-order valence-corrected chi connectivity index (χ0v) is 12.5. The monoisotopic (exact) mass is 295 g/mol. The van der Waals surface area contributed by atoms with E-state index in [4.69, 9.17) is 5.11 Å². The molecule has 0 saturated heterocycles. The van der Waals surface area contributed by atoms with Gasteiger partial charge in [0.2, 0.25) is 5.78 Å². The van der Waals surface area contributed by atoms with Crippen LogP contribution in [-0.4, -0.2) is 21.8 Å². The molecular formula is C18H17NO3. The van der Waals surface area contributed by atoms with Gasteiger partial charge in [0.1, 0.15) is 5.69 Å². The minimum Gasteiger partial charge on any atom is -0.478 e. The van der Waals surface area contributed by atoms with Gasteiger partial charge < -0.3 is 5.11 Å². The summed E-state index contributed by atoms with van der Waals surface area (Å²) >= 11 is 0. The second kappa shape index (κ2) is 6.80. The minimum absolute atomic E-state index is 0.177. The number of carbonyl (C=O) groups is 2. The van der Waals surface area contributed by atoms with Crippen molar-refractivity contribution in [3.8, 4) is 0 Å². The number of carboxylic acids is 1. The first-order valence-electron chi connectivity index (χ1n) is 7.03. The summed E-state index contributed by atoms with van der Waals surface area (Å²) in [6.07, 6.45) is 1.89. The Morgan fingerprint density at radius 2 is 1.82 bits per heavy atom. The molecule has 0 spiro atoms. The summed E-state index contributed by atoms with van der Waals surface area (Å²) in [4.78, 5) is 27.7. The molecule has 0 radical (unpaired) electrons. The van der Waals surface area contributed by atoms with E-state index in [1.807, 2.05) is 19.1 Å². The Kier molecular flexibility index (Phi) is 4.84. The van der Waals surface area contributed by atoms with Crippen LogP contribution < -0.4 is 0 Å². The number of aromatic nitrogens is 1. The summed E-state index contributed by atoms with van der Waals surface area (Å²) in [5.41, 5.74) is 2.67. The number of ketones is 1. The lowest BCUT2D eigenvalue weighted by Gasteiger charge is -2.03. The molecule has 22 heavy (non-hydrogen) atoms. The first kappa shape index (κ1) is 15.6. The summed E-state index contributed by atoms with van der Waals surface area (Å²) in [6, 6.07) is 12.3. The number of aliphatic carboxylic acids is 1. The lowest BCUT2D eigenvalue weighted by molar-refractivity contribution is -0.132. The van der Waals surface area contributed by atoms with Crippen LogP contribution in [0.1, 0.15) is 40.7 Å². The van der Waals surface area contributed by atoms with Crippen molar-refractivity contribution in [3.63, 3.8) is 0 Å². The number of hydrogen-bond donors (Lipinski definition) is 1. The fourth-order valence-electron chi connectivity index (χ4n) is 2.00. The van der Waals surface area contributed by atoms with Gasteiger partial charge in [-0.05, 0) is 31.6 Å². The lowest BCUT2D eigenvalue weighted by atomic mass is 10.1. The molecule has 2 aromatic rings. The van der Waals surface area contributed by atoms with Crippen LogP contribution in [-0.2, 0) is 4.79 Å². The molecule has 0 bridgehead atoms. The Morgan fingerprint density at radius 3 is 2.41 bits per heavy atom. The normalized spacial score (nSPS) is 11.3. The highest BCUT2D eigenvalue weighted by Gasteiger charge is 2.11. The van der Waals surface area contributed by atoms with Crippen molar-refractivity contribution < 1.29 is 14.7 Å². The molecule has 1 N–H and O–H groups in total. The molecule has 0 fully saturated rings. The molecule has 4 nitrogen and oxygen atoms in total. The van der Waals surface area contributed by atoms with Crippen molar-refractivity contribution in [2.75, 3.05) is 0 Å². The van der Waals surface area contributed by atoms with E-state index < -0.39 is 5.97 Å². The molecule has 1 aromatic heterocycles. The molecule has 2 rings (SSSR count). The molecule has 4 heteroatoms. The quantitative estimate of drug-likeness (QED) is 0.677. The van der Waals surface area contributed by atoms with Gasteiger partial charge in [0.05, 0.1) is 5.69 Å². The molecule has 0 aliphatic heterocycles. The van der Waals surface area contributed by atoms with Crippen LogP contribution in [0, 0.1) is 6.92 Å². The van der Waals surface area contributed by atoms with E-state index >= 15 is 0 Å². The highest BCUT2D eigenvalue weighted by molar-refractivity contribution is 6.07. The van der Waals surface area contributed by atoms with Gasteiger partial charge in [0.15, 0.2) is 0 Å². The molecule has 0 aliphatic carbocycles. The predicted molar refractivity (Wildman–Crippen MR) is 84.8 cm³/mol. The van der Waals surface area contributed by atoms with Crippen molar-refractivity contribution in [2.45, 2.75) is 20.3 Å². The van der Waals surface area contributed by atoms with Gasteiger partial charge in [-0.1, -0.05) is 42.8 Å². The van der Waals surface area contributed by atoms with E-state index in [1.54, 1.807) is 37.3 Å². The van der Waals surface area contributed by atoms with Gasteiger partial charge in [0, 0.05) is 11.1 Å². The average Bonchev–Trinajstić information content (AvgIpc) is 2.52. The number of carbonyl (C=O) groups excluding carboxylic acids is 1. The van der Waals surface area contributed by atoms with Crippen LogP contribution >= 0.6 is 0 Å². The van der Waals surface area contributed by atoms with Crippen molar-refractivity contribution in [1.82, 2.24) is 4.98 Å². The predicted octanol–water partition coefficient (Wildman–Crippen LogP) is 3.50. The summed E-state index contributed by atoms with van der Waals surface area (Å²) in [6.45, 7) is 3.72. The van der Waals surface area contributed by atoms with E-state index in [2.05, 4.69) is 4.98 Å².